The van der Waals surface area contributed by atoms with Gasteiger partial charge >= 0.3 is 5.82 Å². The molecule has 7 heteroatoms. The van der Waals surface area contributed by atoms with Crippen LogP contribution in [-0.4, -0.2) is 27.1 Å². The maximum Gasteiger partial charge on any atom is 0.392 e. The summed E-state index contributed by atoms with van der Waals surface area (Å²) in [6.07, 6.45) is 1.60. The summed E-state index contributed by atoms with van der Waals surface area (Å²) in [6.45, 7) is 3.74. The van der Waals surface area contributed by atoms with Gasteiger partial charge in [-0.25, -0.2) is 0 Å². The molecule has 0 radical (unpaired) electrons. The molecule has 1 heterocycles. The normalized spacial score (nSPS) is 10.4. The summed E-state index contributed by atoms with van der Waals surface area (Å²) in [4.78, 5) is 21.6. The zero-order chi connectivity index (χ0) is 15.4. The molecule has 0 N–H and O–H groups in total. The molecule has 0 saturated carbocycles. The van der Waals surface area contributed by atoms with Crippen molar-refractivity contribution in [2.45, 2.75) is 20.4 Å². The van der Waals surface area contributed by atoms with Gasteiger partial charge in [-0.2, -0.15) is 4.68 Å². The Balaban J connectivity index is 2.00. The van der Waals surface area contributed by atoms with Gasteiger partial charge in [0.1, 0.15) is 12.4 Å². The lowest BCUT2D eigenvalue weighted by Crippen LogP contribution is -2.10. The third-order valence-electron chi connectivity index (χ3n) is 2.94. The van der Waals surface area contributed by atoms with Gasteiger partial charge in [-0.05, 0) is 30.9 Å². The van der Waals surface area contributed by atoms with Gasteiger partial charge in [0, 0.05) is 0 Å². The quantitative estimate of drug-likeness (QED) is 0.463. The Morgan fingerprint density at radius 1 is 1.43 bits per heavy atom. The van der Waals surface area contributed by atoms with E-state index in [2.05, 4.69) is 5.10 Å². The van der Waals surface area contributed by atoms with E-state index < -0.39 is 4.92 Å². The van der Waals surface area contributed by atoms with Gasteiger partial charge in [-0.1, -0.05) is 12.1 Å². The largest absolute Gasteiger partial charge is 0.491 e. The number of nitrogens with zero attached hydrogens (tertiary/aromatic N) is 3. The predicted octanol–water partition coefficient (Wildman–Crippen LogP) is 2.38. The van der Waals surface area contributed by atoms with E-state index in [1.54, 1.807) is 37.4 Å². The number of hydrogen-bond donors (Lipinski definition) is 0. The van der Waals surface area contributed by atoms with Crippen molar-refractivity contribution in [2.24, 2.45) is 0 Å². The molecule has 0 spiro atoms. The minimum absolute atomic E-state index is 0.0730. The van der Waals surface area contributed by atoms with Crippen molar-refractivity contribution >= 4 is 11.6 Å². The Hall–Kier alpha value is -2.70. The Kier molecular flexibility index (Phi) is 4.32. The fraction of sp³-hybridized carbons (Fsp3) is 0.286. The number of hydrogen-bond acceptors (Lipinski definition) is 5. The lowest BCUT2D eigenvalue weighted by molar-refractivity contribution is -0.390. The second kappa shape index (κ2) is 6.17. The second-order valence-electron chi connectivity index (χ2n) is 4.56. The first-order valence-corrected chi connectivity index (χ1v) is 6.40. The van der Waals surface area contributed by atoms with E-state index in [1.165, 1.54) is 11.6 Å². The Morgan fingerprint density at radius 3 is 2.76 bits per heavy atom. The van der Waals surface area contributed by atoms with Gasteiger partial charge < -0.3 is 14.9 Å². The number of Topliss-reactive ketones (excluding diaryl/α,β-unsaturated/α-hetero) is 1. The highest BCUT2D eigenvalue weighted by atomic mass is 16.6. The summed E-state index contributed by atoms with van der Waals surface area (Å²) in [5, 5.41) is 14.6. The van der Waals surface area contributed by atoms with Gasteiger partial charge in [0.2, 0.25) is 0 Å². The highest BCUT2D eigenvalue weighted by molar-refractivity contribution is 5.96. The molecule has 1 aromatic carbocycles. The van der Waals surface area contributed by atoms with Crippen LogP contribution in [0.1, 0.15) is 22.8 Å². The van der Waals surface area contributed by atoms with Gasteiger partial charge in [0.25, 0.3) is 0 Å². The van der Waals surface area contributed by atoms with Crippen LogP contribution in [0.2, 0.25) is 0 Å². The first-order valence-electron chi connectivity index (χ1n) is 6.40. The van der Waals surface area contributed by atoms with E-state index in [0.717, 1.165) is 0 Å². The highest BCUT2D eigenvalue weighted by Crippen LogP contribution is 2.18. The fourth-order valence-corrected chi connectivity index (χ4v) is 1.94. The van der Waals surface area contributed by atoms with E-state index in [0.29, 0.717) is 23.4 Å². The summed E-state index contributed by atoms with van der Waals surface area (Å²) >= 11 is 0. The van der Waals surface area contributed by atoms with Crippen LogP contribution < -0.4 is 4.74 Å². The van der Waals surface area contributed by atoms with Crippen molar-refractivity contribution in [3.05, 3.63) is 51.7 Å². The minimum atomic E-state index is -0.516. The molecule has 2 aromatic rings. The molecular weight excluding hydrogens is 274 g/mol. The maximum atomic E-state index is 11.4. The van der Waals surface area contributed by atoms with Crippen molar-refractivity contribution in [3.8, 4) is 5.75 Å². The smallest absolute Gasteiger partial charge is 0.392 e. The van der Waals surface area contributed by atoms with E-state index in [9.17, 15) is 14.9 Å². The Labute approximate surface area is 121 Å². The van der Waals surface area contributed by atoms with Crippen molar-refractivity contribution in [3.63, 3.8) is 0 Å². The lowest BCUT2D eigenvalue weighted by Gasteiger charge is -2.08. The molecule has 0 fully saturated rings. The van der Waals surface area contributed by atoms with Crippen LogP contribution in [0.25, 0.3) is 0 Å². The van der Waals surface area contributed by atoms with Crippen molar-refractivity contribution in [2.75, 3.05) is 6.61 Å². The molecule has 0 aliphatic carbocycles. The Bertz CT molecular complexity index is 679. The van der Waals surface area contributed by atoms with Crippen LogP contribution in [0.3, 0.4) is 0 Å². The molecule has 1 aromatic heterocycles. The number of carbonyl (C=O) groups is 1. The molecule has 0 aliphatic heterocycles. The SMILES string of the molecule is CC(=O)c1ccccc1OCCn1cc(C)c([N+](=O)[O-])n1. The Morgan fingerprint density at radius 2 is 2.14 bits per heavy atom. The zero-order valence-corrected chi connectivity index (χ0v) is 11.8. The van der Waals surface area contributed by atoms with Crippen LogP contribution in [-0.2, 0) is 6.54 Å². The van der Waals surface area contributed by atoms with Crippen molar-refractivity contribution < 1.29 is 14.5 Å². The van der Waals surface area contributed by atoms with Crippen LogP contribution in [0, 0.1) is 17.0 Å². The lowest BCUT2D eigenvalue weighted by atomic mass is 10.1. The number of aryl methyl sites for hydroxylation is 1. The molecule has 0 bridgehead atoms. The number of aromatic nitrogens is 2. The average molecular weight is 289 g/mol. The first kappa shape index (κ1) is 14.7. The number of ether oxygens (including phenoxy) is 1. The number of rotatable bonds is 6. The predicted molar refractivity (Wildman–Crippen MR) is 75.6 cm³/mol. The number of ketones is 1. The number of para-hydroxylation sites is 1. The summed E-state index contributed by atoms with van der Waals surface area (Å²) in [5.41, 5.74) is 1.02. The maximum absolute atomic E-state index is 11.4. The topological polar surface area (TPSA) is 87.3 Å². The molecule has 0 unspecified atom stereocenters. The summed E-state index contributed by atoms with van der Waals surface area (Å²) in [6, 6.07) is 6.96. The molecule has 0 amide bonds. The molecule has 2 rings (SSSR count). The molecular formula is C14H15N3O4. The first-order chi connectivity index (χ1) is 9.99. The third kappa shape index (κ3) is 3.44. The molecule has 0 aliphatic rings. The van der Waals surface area contributed by atoms with Gasteiger partial charge in [-0.15, -0.1) is 0 Å². The average Bonchev–Trinajstić information content (AvgIpc) is 2.80. The summed E-state index contributed by atoms with van der Waals surface area (Å²) < 4.78 is 7.02. The minimum Gasteiger partial charge on any atom is -0.491 e. The zero-order valence-electron chi connectivity index (χ0n) is 11.8. The van der Waals surface area contributed by atoms with Crippen LogP contribution in [0.5, 0.6) is 5.75 Å². The molecule has 0 atom stereocenters. The molecule has 7 nitrogen and oxygen atoms in total. The van der Waals surface area contributed by atoms with Crippen molar-refractivity contribution in [1.82, 2.24) is 9.78 Å². The fourth-order valence-electron chi connectivity index (χ4n) is 1.94. The van der Waals surface area contributed by atoms with E-state index in [-0.39, 0.29) is 18.2 Å². The molecule has 21 heavy (non-hydrogen) atoms. The van der Waals surface area contributed by atoms with Gasteiger partial charge in [-0.3, -0.25) is 4.79 Å². The summed E-state index contributed by atoms with van der Waals surface area (Å²) in [7, 11) is 0. The monoisotopic (exact) mass is 289 g/mol. The van der Waals surface area contributed by atoms with Crippen molar-refractivity contribution in [1.29, 1.82) is 0 Å². The van der Waals surface area contributed by atoms with Gasteiger partial charge in [0.15, 0.2) is 5.78 Å². The van der Waals surface area contributed by atoms with Crippen LogP contribution >= 0.6 is 0 Å². The van der Waals surface area contributed by atoms with Crippen LogP contribution in [0.4, 0.5) is 5.82 Å². The van der Waals surface area contributed by atoms with E-state index in [1.807, 2.05) is 0 Å². The summed E-state index contributed by atoms with van der Waals surface area (Å²) in [5.74, 6) is 0.277. The molecule has 0 saturated heterocycles. The highest BCUT2D eigenvalue weighted by Gasteiger charge is 2.17. The van der Waals surface area contributed by atoms with E-state index in [4.69, 9.17) is 4.74 Å². The molecule has 110 valence electrons. The number of nitro groups is 1. The number of carbonyl (C=O) groups excluding carboxylic acids is 1. The standard InChI is InChI=1S/C14H15N3O4/c1-10-9-16(15-14(10)17(19)20)7-8-21-13-6-4-3-5-12(13)11(2)18/h3-6,9H,7-8H2,1-2H3. The number of benzene rings is 1. The van der Waals surface area contributed by atoms with Gasteiger partial charge in [0.05, 0.1) is 29.0 Å². The van der Waals surface area contributed by atoms with E-state index >= 15 is 0 Å². The van der Waals surface area contributed by atoms with Crippen LogP contribution in [0.15, 0.2) is 30.5 Å². The second-order valence-corrected chi connectivity index (χ2v) is 4.56. The third-order valence-corrected chi connectivity index (χ3v) is 2.94.